The second kappa shape index (κ2) is 4.17. The van der Waals surface area contributed by atoms with Crippen LogP contribution in [0, 0.1) is 6.92 Å². The fourth-order valence-corrected chi connectivity index (χ4v) is 2.68. The average Bonchev–Trinajstić information content (AvgIpc) is 2.86. The first-order valence-electron chi connectivity index (χ1n) is 6.27. The highest BCUT2D eigenvalue weighted by Crippen LogP contribution is 2.22. The van der Waals surface area contributed by atoms with Crippen LogP contribution in [-0.4, -0.2) is 29.0 Å². The molecule has 0 bridgehead atoms. The summed E-state index contributed by atoms with van der Waals surface area (Å²) in [6, 6.07) is 6.96. The normalized spacial score (nSPS) is 21.4. The zero-order valence-corrected chi connectivity index (χ0v) is 10.2. The summed E-state index contributed by atoms with van der Waals surface area (Å²) in [6.07, 6.45) is 3.26. The van der Waals surface area contributed by atoms with Crippen LogP contribution in [-0.2, 0) is 6.54 Å². The number of aryl methyl sites for hydroxylation is 1. The molecule has 1 aliphatic heterocycles. The van der Waals surface area contributed by atoms with Crippen molar-refractivity contribution in [1.82, 2.24) is 9.88 Å². The SMILES string of the molecule is Cc1ccc2c(CN3CC[C@H](N)C3)c[nH]c2c1. The largest absolute Gasteiger partial charge is 0.361 e. The van der Waals surface area contributed by atoms with E-state index in [1.165, 1.54) is 22.0 Å². The van der Waals surface area contributed by atoms with E-state index in [9.17, 15) is 0 Å². The van der Waals surface area contributed by atoms with Crippen LogP contribution in [0.25, 0.3) is 10.9 Å². The molecule has 2 aromatic rings. The number of fused-ring (bicyclic) bond motifs is 1. The molecule has 1 aliphatic rings. The third-order valence-corrected chi connectivity index (χ3v) is 3.63. The molecular weight excluding hydrogens is 210 g/mol. The predicted octanol–water partition coefficient (Wildman–Crippen LogP) is 2.01. The van der Waals surface area contributed by atoms with E-state index < -0.39 is 0 Å². The number of rotatable bonds is 2. The second-order valence-corrected chi connectivity index (χ2v) is 5.15. The summed E-state index contributed by atoms with van der Waals surface area (Å²) in [5.74, 6) is 0. The Bertz CT molecular complexity index is 529. The zero-order chi connectivity index (χ0) is 11.8. The Kier molecular flexibility index (Phi) is 2.65. The Hall–Kier alpha value is -1.32. The Labute approximate surface area is 102 Å². The van der Waals surface area contributed by atoms with E-state index in [1.807, 2.05) is 0 Å². The van der Waals surface area contributed by atoms with Crippen LogP contribution >= 0.6 is 0 Å². The Morgan fingerprint density at radius 3 is 3.12 bits per heavy atom. The third kappa shape index (κ3) is 2.08. The van der Waals surface area contributed by atoms with Crippen LogP contribution in [0.5, 0.6) is 0 Å². The number of nitrogens with one attached hydrogen (secondary N) is 1. The number of hydrogen-bond acceptors (Lipinski definition) is 2. The Morgan fingerprint density at radius 1 is 1.47 bits per heavy atom. The average molecular weight is 229 g/mol. The predicted molar refractivity (Wildman–Crippen MR) is 70.9 cm³/mol. The van der Waals surface area contributed by atoms with Crippen molar-refractivity contribution in [1.29, 1.82) is 0 Å². The maximum absolute atomic E-state index is 5.94. The summed E-state index contributed by atoms with van der Waals surface area (Å²) < 4.78 is 0. The number of aromatic amines is 1. The van der Waals surface area contributed by atoms with Gasteiger partial charge in [0.25, 0.3) is 0 Å². The minimum Gasteiger partial charge on any atom is -0.361 e. The molecule has 1 atom stereocenters. The van der Waals surface area contributed by atoms with Crippen molar-refractivity contribution in [3.63, 3.8) is 0 Å². The van der Waals surface area contributed by atoms with Gasteiger partial charge in [-0.1, -0.05) is 12.1 Å². The van der Waals surface area contributed by atoms with Crippen molar-refractivity contribution in [2.24, 2.45) is 5.73 Å². The van der Waals surface area contributed by atoms with Crippen molar-refractivity contribution in [2.45, 2.75) is 25.9 Å². The molecule has 17 heavy (non-hydrogen) atoms. The summed E-state index contributed by atoms with van der Waals surface area (Å²) >= 11 is 0. The van der Waals surface area contributed by atoms with Gasteiger partial charge < -0.3 is 10.7 Å². The molecule has 0 radical (unpaired) electrons. The monoisotopic (exact) mass is 229 g/mol. The molecule has 0 aliphatic carbocycles. The number of likely N-dealkylation sites (tertiary alicyclic amines) is 1. The standard InChI is InChI=1S/C14H19N3/c1-10-2-3-13-11(7-16-14(13)6-10)8-17-5-4-12(15)9-17/h2-3,6-7,12,16H,4-5,8-9,15H2,1H3/t12-/m0/s1. The lowest BCUT2D eigenvalue weighted by Crippen LogP contribution is -2.26. The van der Waals surface area contributed by atoms with Crippen molar-refractivity contribution in [3.8, 4) is 0 Å². The molecule has 1 fully saturated rings. The fraction of sp³-hybridized carbons (Fsp3) is 0.429. The summed E-state index contributed by atoms with van der Waals surface area (Å²) in [7, 11) is 0. The lowest BCUT2D eigenvalue weighted by Gasteiger charge is -2.14. The van der Waals surface area contributed by atoms with Crippen LogP contribution in [0.3, 0.4) is 0 Å². The Balaban J connectivity index is 1.85. The summed E-state index contributed by atoms with van der Waals surface area (Å²) in [6.45, 7) is 5.29. The van der Waals surface area contributed by atoms with Crippen molar-refractivity contribution in [2.75, 3.05) is 13.1 Å². The van der Waals surface area contributed by atoms with Gasteiger partial charge in [0, 0.05) is 42.8 Å². The van der Waals surface area contributed by atoms with E-state index in [-0.39, 0.29) is 0 Å². The van der Waals surface area contributed by atoms with Gasteiger partial charge in [0.2, 0.25) is 0 Å². The molecule has 3 heteroatoms. The van der Waals surface area contributed by atoms with Gasteiger partial charge >= 0.3 is 0 Å². The first-order chi connectivity index (χ1) is 8.22. The minimum atomic E-state index is 0.363. The van der Waals surface area contributed by atoms with E-state index in [0.29, 0.717) is 6.04 Å². The smallest absolute Gasteiger partial charge is 0.0459 e. The van der Waals surface area contributed by atoms with Crippen molar-refractivity contribution in [3.05, 3.63) is 35.5 Å². The number of H-pyrrole nitrogens is 1. The van der Waals surface area contributed by atoms with Crippen LogP contribution in [0.2, 0.25) is 0 Å². The third-order valence-electron chi connectivity index (χ3n) is 3.63. The van der Waals surface area contributed by atoms with E-state index in [1.54, 1.807) is 0 Å². The van der Waals surface area contributed by atoms with Crippen LogP contribution in [0.1, 0.15) is 17.5 Å². The van der Waals surface area contributed by atoms with Gasteiger partial charge in [-0.2, -0.15) is 0 Å². The molecule has 0 saturated carbocycles. The number of aromatic nitrogens is 1. The van der Waals surface area contributed by atoms with Crippen LogP contribution < -0.4 is 5.73 Å². The highest BCUT2D eigenvalue weighted by Gasteiger charge is 2.19. The molecule has 3 nitrogen and oxygen atoms in total. The summed E-state index contributed by atoms with van der Waals surface area (Å²) in [5, 5.41) is 1.34. The second-order valence-electron chi connectivity index (χ2n) is 5.15. The maximum atomic E-state index is 5.94. The van der Waals surface area contributed by atoms with Crippen molar-refractivity contribution >= 4 is 10.9 Å². The number of nitrogens with two attached hydrogens (primary N) is 1. The molecule has 0 amide bonds. The fourth-order valence-electron chi connectivity index (χ4n) is 2.68. The van der Waals surface area contributed by atoms with Gasteiger partial charge in [-0.05, 0) is 30.5 Å². The number of nitrogens with zero attached hydrogens (tertiary/aromatic N) is 1. The van der Waals surface area contributed by atoms with E-state index in [4.69, 9.17) is 5.73 Å². The quantitative estimate of drug-likeness (QED) is 0.827. The highest BCUT2D eigenvalue weighted by molar-refractivity contribution is 5.83. The molecule has 2 heterocycles. The molecule has 3 N–H and O–H groups in total. The van der Waals surface area contributed by atoms with Gasteiger partial charge in [-0.25, -0.2) is 0 Å². The highest BCUT2D eigenvalue weighted by atomic mass is 15.2. The summed E-state index contributed by atoms with van der Waals surface area (Å²) in [5.41, 5.74) is 9.86. The molecule has 90 valence electrons. The molecule has 3 rings (SSSR count). The van der Waals surface area contributed by atoms with Crippen molar-refractivity contribution < 1.29 is 0 Å². The minimum absolute atomic E-state index is 0.363. The molecule has 1 aromatic carbocycles. The van der Waals surface area contributed by atoms with Crippen LogP contribution in [0.4, 0.5) is 0 Å². The lowest BCUT2D eigenvalue weighted by atomic mass is 10.1. The van der Waals surface area contributed by atoms with Gasteiger partial charge in [0.05, 0.1) is 0 Å². The molecule has 0 spiro atoms. The lowest BCUT2D eigenvalue weighted by molar-refractivity contribution is 0.328. The zero-order valence-electron chi connectivity index (χ0n) is 10.2. The van der Waals surface area contributed by atoms with Gasteiger partial charge in [-0.3, -0.25) is 4.90 Å². The molecule has 0 unspecified atom stereocenters. The van der Waals surface area contributed by atoms with E-state index in [0.717, 1.165) is 26.1 Å². The van der Waals surface area contributed by atoms with Gasteiger partial charge in [0.15, 0.2) is 0 Å². The number of benzene rings is 1. The van der Waals surface area contributed by atoms with E-state index >= 15 is 0 Å². The maximum Gasteiger partial charge on any atom is 0.0459 e. The molecule has 1 aromatic heterocycles. The van der Waals surface area contributed by atoms with Gasteiger partial charge in [0.1, 0.15) is 0 Å². The Morgan fingerprint density at radius 2 is 2.35 bits per heavy atom. The van der Waals surface area contributed by atoms with Crippen LogP contribution in [0.15, 0.2) is 24.4 Å². The first kappa shape index (κ1) is 10.8. The molecule has 1 saturated heterocycles. The van der Waals surface area contributed by atoms with Gasteiger partial charge in [-0.15, -0.1) is 0 Å². The van der Waals surface area contributed by atoms with E-state index in [2.05, 4.69) is 41.2 Å². The summed E-state index contributed by atoms with van der Waals surface area (Å²) in [4.78, 5) is 5.79. The number of hydrogen-bond donors (Lipinski definition) is 2. The molecular formula is C14H19N3. The topological polar surface area (TPSA) is 45.0 Å². The first-order valence-corrected chi connectivity index (χ1v) is 6.27.